The molecule has 0 saturated heterocycles. The van der Waals surface area contributed by atoms with Crippen LogP contribution in [0, 0.1) is 17.8 Å². The SMILES string of the molecule is CC(CNC1CC1)NCC1CC2CCC1C2. The third-order valence-electron chi connectivity index (χ3n) is 4.90. The number of hydrogen-bond acceptors (Lipinski definition) is 2. The molecule has 0 radical (unpaired) electrons. The summed E-state index contributed by atoms with van der Waals surface area (Å²) in [5.74, 6) is 3.17. The first-order valence-corrected chi connectivity index (χ1v) is 7.28. The Morgan fingerprint density at radius 3 is 2.62 bits per heavy atom. The fourth-order valence-corrected chi connectivity index (χ4v) is 3.68. The van der Waals surface area contributed by atoms with E-state index in [0.717, 1.165) is 30.3 Å². The molecule has 2 nitrogen and oxygen atoms in total. The van der Waals surface area contributed by atoms with Crippen LogP contribution in [0.4, 0.5) is 0 Å². The minimum absolute atomic E-state index is 0.653. The quantitative estimate of drug-likeness (QED) is 0.719. The fourth-order valence-electron chi connectivity index (χ4n) is 3.68. The highest BCUT2D eigenvalue weighted by Gasteiger charge is 2.39. The Kier molecular flexibility index (Phi) is 3.21. The summed E-state index contributed by atoms with van der Waals surface area (Å²) in [6.07, 6.45) is 8.91. The van der Waals surface area contributed by atoms with Crippen molar-refractivity contribution in [3.63, 3.8) is 0 Å². The highest BCUT2D eigenvalue weighted by molar-refractivity contribution is 4.91. The summed E-state index contributed by atoms with van der Waals surface area (Å²) in [6.45, 7) is 4.75. The van der Waals surface area contributed by atoms with Gasteiger partial charge < -0.3 is 10.6 Å². The first kappa shape index (κ1) is 11.0. The van der Waals surface area contributed by atoms with Gasteiger partial charge in [-0.05, 0) is 63.3 Å². The van der Waals surface area contributed by atoms with Gasteiger partial charge in [0.05, 0.1) is 0 Å². The monoisotopic (exact) mass is 222 g/mol. The Balaban J connectivity index is 1.32. The second kappa shape index (κ2) is 4.66. The van der Waals surface area contributed by atoms with Crippen LogP contribution in [-0.4, -0.2) is 25.2 Å². The van der Waals surface area contributed by atoms with E-state index in [1.54, 1.807) is 6.42 Å². The summed E-state index contributed by atoms with van der Waals surface area (Å²) in [6, 6.07) is 1.51. The van der Waals surface area contributed by atoms with Crippen molar-refractivity contribution < 1.29 is 0 Å². The number of nitrogens with one attached hydrogen (secondary N) is 2. The van der Waals surface area contributed by atoms with E-state index in [1.165, 1.54) is 38.6 Å². The van der Waals surface area contributed by atoms with E-state index >= 15 is 0 Å². The van der Waals surface area contributed by atoms with Gasteiger partial charge in [0.15, 0.2) is 0 Å². The Bertz CT molecular complexity index is 237. The first-order chi connectivity index (χ1) is 7.81. The molecule has 0 amide bonds. The zero-order chi connectivity index (χ0) is 11.0. The Morgan fingerprint density at radius 1 is 1.12 bits per heavy atom. The van der Waals surface area contributed by atoms with Crippen LogP contribution in [-0.2, 0) is 0 Å². The largest absolute Gasteiger partial charge is 0.313 e. The van der Waals surface area contributed by atoms with Gasteiger partial charge in [0.1, 0.15) is 0 Å². The molecule has 2 bridgehead atoms. The van der Waals surface area contributed by atoms with Gasteiger partial charge in [0, 0.05) is 18.6 Å². The Labute approximate surface area is 99.6 Å². The molecule has 0 aliphatic heterocycles. The lowest BCUT2D eigenvalue weighted by Gasteiger charge is -2.24. The van der Waals surface area contributed by atoms with Gasteiger partial charge in [0.2, 0.25) is 0 Å². The Morgan fingerprint density at radius 2 is 2.00 bits per heavy atom. The van der Waals surface area contributed by atoms with Crippen molar-refractivity contribution in [1.82, 2.24) is 10.6 Å². The van der Waals surface area contributed by atoms with E-state index < -0.39 is 0 Å². The topological polar surface area (TPSA) is 24.1 Å². The van der Waals surface area contributed by atoms with Crippen LogP contribution in [0.5, 0.6) is 0 Å². The summed E-state index contributed by atoms with van der Waals surface area (Å²) in [7, 11) is 0. The van der Waals surface area contributed by atoms with Crippen LogP contribution in [0.2, 0.25) is 0 Å². The molecule has 16 heavy (non-hydrogen) atoms. The molecule has 3 aliphatic rings. The summed E-state index contributed by atoms with van der Waals surface area (Å²) in [5.41, 5.74) is 0. The van der Waals surface area contributed by atoms with Gasteiger partial charge in [-0.3, -0.25) is 0 Å². The molecule has 2 heteroatoms. The molecule has 0 aromatic rings. The molecule has 92 valence electrons. The van der Waals surface area contributed by atoms with Crippen molar-refractivity contribution in [3.05, 3.63) is 0 Å². The molecule has 2 N–H and O–H groups in total. The number of rotatable bonds is 6. The molecule has 0 aromatic carbocycles. The third-order valence-corrected chi connectivity index (χ3v) is 4.90. The molecule has 4 unspecified atom stereocenters. The average Bonchev–Trinajstić information content (AvgIpc) is 2.89. The molecule has 3 saturated carbocycles. The average molecular weight is 222 g/mol. The fraction of sp³-hybridized carbons (Fsp3) is 1.00. The molecule has 4 atom stereocenters. The molecule has 3 aliphatic carbocycles. The van der Waals surface area contributed by atoms with Crippen LogP contribution in [0.1, 0.15) is 45.4 Å². The second-order valence-electron chi connectivity index (χ2n) is 6.43. The van der Waals surface area contributed by atoms with Crippen LogP contribution in [0.25, 0.3) is 0 Å². The van der Waals surface area contributed by atoms with Gasteiger partial charge >= 0.3 is 0 Å². The highest BCUT2D eigenvalue weighted by Crippen LogP contribution is 2.47. The van der Waals surface area contributed by atoms with E-state index in [0.29, 0.717) is 6.04 Å². The minimum atomic E-state index is 0.653. The van der Waals surface area contributed by atoms with Gasteiger partial charge in [-0.25, -0.2) is 0 Å². The van der Waals surface area contributed by atoms with Crippen molar-refractivity contribution in [1.29, 1.82) is 0 Å². The molecule has 0 heterocycles. The van der Waals surface area contributed by atoms with Crippen LogP contribution < -0.4 is 10.6 Å². The van der Waals surface area contributed by atoms with Gasteiger partial charge in [-0.15, -0.1) is 0 Å². The molecule has 3 fully saturated rings. The van der Waals surface area contributed by atoms with E-state index in [9.17, 15) is 0 Å². The van der Waals surface area contributed by atoms with E-state index in [4.69, 9.17) is 0 Å². The van der Waals surface area contributed by atoms with Crippen molar-refractivity contribution >= 4 is 0 Å². The van der Waals surface area contributed by atoms with E-state index in [-0.39, 0.29) is 0 Å². The number of hydrogen-bond donors (Lipinski definition) is 2. The summed E-state index contributed by atoms with van der Waals surface area (Å²) >= 11 is 0. The summed E-state index contributed by atoms with van der Waals surface area (Å²) in [5, 5.41) is 7.33. The third kappa shape index (κ3) is 2.60. The molecule has 0 aromatic heterocycles. The standard InChI is InChI=1S/C14H26N2/c1-10(8-16-14-4-5-14)15-9-13-7-11-2-3-12(13)6-11/h10-16H,2-9H2,1H3. The maximum absolute atomic E-state index is 3.73. The van der Waals surface area contributed by atoms with E-state index in [1.807, 2.05) is 0 Å². The lowest BCUT2D eigenvalue weighted by atomic mass is 9.89. The van der Waals surface area contributed by atoms with Gasteiger partial charge in [0.25, 0.3) is 0 Å². The van der Waals surface area contributed by atoms with Gasteiger partial charge in [-0.2, -0.15) is 0 Å². The summed E-state index contributed by atoms with van der Waals surface area (Å²) in [4.78, 5) is 0. The number of fused-ring (bicyclic) bond motifs is 2. The van der Waals surface area contributed by atoms with Crippen molar-refractivity contribution in [3.8, 4) is 0 Å². The summed E-state index contributed by atoms with van der Waals surface area (Å²) < 4.78 is 0. The minimum Gasteiger partial charge on any atom is -0.313 e. The zero-order valence-corrected chi connectivity index (χ0v) is 10.5. The smallest absolute Gasteiger partial charge is 0.0164 e. The Hall–Kier alpha value is -0.0800. The highest BCUT2D eigenvalue weighted by atomic mass is 15.0. The molecular formula is C14H26N2. The predicted molar refractivity (Wildman–Crippen MR) is 67.4 cm³/mol. The van der Waals surface area contributed by atoms with Crippen LogP contribution >= 0.6 is 0 Å². The van der Waals surface area contributed by atoms with E-state index in [2.05, 4.69) is 17.6 Å². The first-order valence-electron chi connectivity index (χ1n) is 7.28. The van der Waals surface area contributed by atoms with Crippen molar-refractivity contribution in [2.24, 2.45) is 17.8 Å². The predicted octanol–water partition coefficient (Wildman–Crippen LogP) is 2.15. The molecular weight excluding hydrogens is 196 g/mol. The van der Waals surface area contributed by atoms with Crippen LogP contribution in [0.3, 0.4) is 0 Å². The lowest BCUT2D eigenvalue weighted by Crippen LogP contribution is -2.40. The zero-order valence-electron chi connectivity index (χ0n) is 10.5. The van der Waals surface area contributed by atoms with Gasteiger partial charge in [-0.1, -0.05) is 6.42 Å². The normalized spacial score (nSPS) is 39.2. The lowest BCUT2D eigenvalue weighted by molar-refractivity contribution is 0.306. The maximum atomic E-state index is 3.73. The van der Waals surface area contributed by atoms with Crippen molar-refractivity contribution in [2.75, 3.05) is 13.1 Å². The van der Waals surface area contributed by atoms with Crippen LogP contribution in [0.15, 0.2) is 0 Å². The van der Waals surface area contributed by atoms with Crippen molar-refractivity contribution in [2.45, 2.75) is 57.5 Å². The maximum Gasteiger partial charge on any atom is 0.0164 e. The molecule has 0 spiro atoms. The molecule has 3 rings (SSSR count). The second-order valence-corrected chi connectivity index (χ2v) is 6.43.